The van der Waals surface area contributed by atoms with Gasteiger partial charge in [-0.1, -0.05) is 45.4 Å². The van der Waals surface area contributed by atoms with Crippen molar-refractivity contribution in [2.75, 3.05) is 5.32 Å². The van der Waals surface area contributed by atoms with E-state index in [-0.39, 0.29) is 11.5 Å². The highest BCUT2D eigenvalue weighted by molar-refractivity contribution is 6.39. The predicted molar refractivity (Wildman–Crippen MR) is 100 cm³/mol. The highest BCUT2D eigenvalue weighted by Gasteiger charge is 2.42. The molecule has 2 aliphatic rings. The summed E-state index contributed by atoms with van der Waals surface area (Å²) in [4.78, 5) is 24.7. The van der Waals surface area contributed by atoms with Crippen LogP contribution in [0.5, 0.6) is 0 Å². The predicted octanol–water partition coefficient (Wildman–Crippen LogP) is 3.86. The second-order valence-electron chi connectivity index (χ2n) is 8.85. The number of hydrogen-bond donors (Lipinski definition) is 2. The van der Waals surface area contributed by atoms with Gasteiger partial charge in [0.25, 0.3) is 0 Å². The molecule has 2 amide bonds. The lowest BCUT2D eigenvalue weighted by Gasteiger charge is -2.28. The second-order valence-corrected chi connectivity index (χ2v) is 8.85. The second kappa shape index (κ2) is 6.81. The van der Waals surface area contributed by atoms with E-state index in [1.165, 1.54) is 25.7 Å². The number of carbonyl (C=O) groups is 2. The maximum Gasteiger partial charge on any atom is 0.313 e. The van der Waals surface area contributed by atoms with Gasteiger partial charge in [0.15, 0.2) is 0 Å². The van der Waals surface area contributed by atoms with E-state index in [1.807, 2.05) is 31.2 Å². The maximum absolute atomic E-state index is 12.4. The molecule has 0 radical (unpaired) electrons. The quantitative estimate of drug-likeness (QED) is 0.820. The molecule has 0 spiro atoms. The molecule has 0 aromatic heterocycles. The summed E-state index contributed by atoms with van der Waals surface area (Å²) in [5, 5.41) is 5.73. The van der Waals surface area contributed by atoms with Crippen LogP contribution in [0.15, 0.2) is 24.3 Å². The first-order valence-electron chi connectivity index (χ1n) is 9.47. The van der Waals surface area contributed by atoms with Crippen LogP contribution in [0.1, 0.15) is 58.9 Å². The van der Waals surface area contributed by atoms with Crippen LogP contribution in [-0.4, -0.2) is 17.9 Å². The molecule has 2 N–H and O–H groups in total. The number of hydrogen-bond acceptors (Lipinski definition) is 2. The average Bonchev–Trinajstić information content (AvgIpc) is 3.17. The third kappa shape index (κ3) is 3.88. The van der Waals surface area contributed by atoms with Crippen molar-refractivity contribution in [3.05, 3.63) is 29.8 Å². The zero-order valence-corrected chi connectivity index (χ0v) is 15.8. The van der Waals surface area contributed by atoms with Gasteiger partial charge in [0.2, 0.25) is 0 Å². The minimum atomic E-state index is -0.577. The van der Waals surface area contributed by atoms with Crippen molar-refractivity contribution in [2.45, 2.75) is 64.8 Å². The van der Waals surface area contributed by atoms with E-state index in [2.05, 4.69) is 31.4 Å². The molecule has 4 nitrogen and oxygen atoms in total. The number of benzene rings is 1. The fourth-order valence-electron chi connectivity index (χ4n) is 4.71. The first-order chi connectivity index (χ1) is 11.8. The number of amides is 2. The van der Waals surface area contributed by atoms with E-state index < -0.39 is 11.8 Å². The molecule has 0 heterocycles. The molecule has 1 aromatic rings. The molecule has 0 aliphatic heterocycles. The van der Waals surface area contributed by atoms with Crippen molar-refractivity contribution in [3.8, 4) is 0 Å². The molecule has 4 unspecified atom stereocenters. The van der Waals surface area contributed by atoms with Crippen LogP contribution in [0.2, 0.25) is 0 Å². The first-order valence-corrected chi connectivity index (χ1v) is 9.47. The fourth-order valence-corrected chi connectivity index (χ4v) is 4.71. The van der Waals surface area contributed by atoms with Gasteiger partial charge in [-0.25, -0.2) is 0 Å². The van der Waals surface area contributed by atoms with Gasteiger partial charge in [0, 0.05) is 11.7 Å². The standard InChI is InChI=1S/C21H30N2O2/c1-13(16-12-14-9-10-15(16)11-14)22-19(24)20(25)23-18-8-6-5-7-17(18)21(2,3)4/h5-8,13-16H,9-12H2,1-4H3,(H,22,24)(H,23,25). The lowest BCUT2D eigenvalue weighted by Crippen LogP contribution is -2.45. The van der Waals surface area contributed by atoms with E-state index >= 15 is 0 Å². The number of fused-ring (bicyclic) bond motifs is 2. The lowest BCUT2D eigenvalue weighted by molar-refractivity contribution is -0.136. The summed E-state index contributed by atoms with van der Waals surface area (Å²) >= 11 is 0. The van der Waals surface area contributed by atoms with Crippen molar-refractivity contribution >= 4 is 17.5 Å². The van der Waals surface area contributed by atoms with E-state index in [0.717, 1.165) is 17.4 Å². The van der Waals surface area contributed by atoms with Gasteiger partial charge in [-0.3, -0.25) is 9.59 Å². The molecule has 2 fully saturated rings. The molecule has 2 aliphatic carbocycles. The molecule has 25 heavy (non-hydrogen) atoms. The number of anilines is 1. The zero-order valence-electron chi connectivity index (χ0n) is 15.8. The summed E-state index contributed by atoms with van der Waals surface area (Å²) in [6.45, 7) is 8.32. The summed E-state index contributed by atoms with van der Waals surface area (Å²) in [6, 6.07) is 7.73. The molecule has 2 saturated carbocycles. The van der Waals surface area contributed by atoms with Gasteiger partial charge in [-0.05, 0) is 61.0 Å². The average molecular weight is 342 g/mol. The van der Waals surface area contributed by atoms with Crippen LogP contribution in [0.25, 0.3) is 0 Å². The number of rotatable bonds is 3. The molecule has 2 bridgehead atoms. The lowest BCUT2D eigenvalue weighted by atomic mass is 9.84. The summed E-state index contributed by atoms with van der Waals surface area (Å²) in [5.41, 5.74) is 1.64. The minimum Gasteiger partial charge on any atom is -0.345 e. The minimum absolute atomic E-state index is 0.0615. The number of para-hydroxylation sites is 1. The zero-order chi connectivity index (χ0) is 18.2. The molecular weight excluding hydrogens is 312 g/mol. The third-order valence-electron chi connectivity index (χ3n) is 5.98. The first kappa shape index (κ1) is 18.0. The van der Waals surface area contributed by atoms with Gasteiger partial charge in [0.05, 0.1) is 0 Å². The molecule has 0 saturated heterocycles. The maximum atomic E-state index is 12.4. The summed E-state index contributed by atoms with van der Waals surface area (Å²) in [5.74, 6) is 0.981. The molecule has 4 atom stereocenters. The van der Waals surface area contributed by atoms with Crippen molar-refractivity contribution in [3.63, 3.8) is 0 Å². The Labute approximate surface area is 150 Å². The molecule has 4 heteroatoms. The van der Waals surface area contributed by atoms with Crippen LogP contribution >= 0.6 is 0 Å². The van der Waals surface area contributed by atoms with E-state index in [1.54, 1.807) is 0 Å². The van der Waals surface area contributed by atoms with Gasteiger partial charge in [-0.2, -0.15) is 0 Å². The molecule has 3 rings (SSSR count). The Bertz CT molecular complexity index is 662. The number of nitrogens with one attached hydrogen (secondary N) is 2. The monoisotopic (exact) mass is 342 g/mol. The van der Waals surface area contributed by atoms with Crippen LogP contribution in [-0.2, 0) is 15.0 Å². The normalized spacial score (nSPS) is 26.3. The van der Waals surface area contributed by atoms with Crippen LogP contribution in [0.3, 0.4) is 0 Å². The smallest absolute Gasteiger partial charge is 0.313 e. The Kier molecular flexibility index (Phi) is 4.90. The van der Waals surface area contributed by atoms with Crippen molar-refractivity contribution < 1.29 is 9.59 Å². The van der Waals surface area contributed by atoms with Crippen LogP contribution in [0, 0.1) is 17.8 Å². The molecule has 136 valence electrons. The molecular formula is C21H30N2O2. The number of carbonyl (C=O) groups excluding carboxylic acids is 2. The van der Waals surface area contributed by atoms with Crippen LogP contribution in [0.4, 0.5) is 5.69 Å². The fraction of sp³-hybridized carbons (Fsp3) is 0.619. The topological polar surface area (TPSA) is 58.2 Å². The van der Waals surface area contributed by atoms with E-state index in [0.29, 0.717) is 11.6 Å². The van der Waals surface area contributed by atoms with Gasteiger partial charge >= 0.3 is 11.8 Å². The van der Waals surface area contributed by atoms with E-state index in [9.17, 15) is 9.59 Å². The molecule has 1 aromatic carbocycles. The van der Waals surface area contributed by atoms with Crippen molar-refractivity contribution in [2.24, 2.45) is 17.8 Å². The SMILES string of the molecule is CC(NC(=O)C(=O)Nc1ccccc1C(C)(C)C)C1CC2CCC1C2. The Morgan fingerprint density at radius 1 is 1.08 bits per heavy atom. The van der Waals surface area contributed by atoms with Gasteiger partial charge < -0.3 is 10.6 Å². The van der Waals surface area contributed by atoms with Crippen LogP contribution < -0.4 is 10.6 Å². The summed E-state index contributed by atoms with van der Waals surface area (Å²) in [7, 11) is 0. The Balaban J connectivity index is 1.61. The van der Waals surface area contributed by atoms with Gasteiger partial charge in [0.1, 0.15) is 0 Å². The largest absolute Gasteiger partial charge is 0.345 e. The highest BCUT2D eigenvalue weighted by atomic mass is 16.2. The summed E-state index contributed by atoms with van der Waals surface area (Å²) < 4.78 is 0. The third-order valence-corrected chi connectivity index (χ3v) is 5.98. The van der Waals surface area contributed by atoms with E-state index in [4.69, 9.17) is 0 Å². The van der Waals surface area contributed by atoms with Crippen molar-refractivity contribution in [1.29, 1.82) is 0 Å². The van der Waals surface area contributed by atoms with Gasteiger partial charge in [-0.15, -0.1) is 0 Å². The van der Waals surface area contributed by atoms with Crippen molar-refractivity contribution in [1.82, 2.24) is 5.32 Å². The Morgan fingerprint density at radius 2 is 1.80 bits per heavy atom. The highest BCUT2D eigenvalue weighted by Crippen LogP contribution is 2.49. The summed E-state index contributed by atoms with van der Waals surface area (Å²) in [6.07, 6.45) is 5.11. The Morgan fingerprint density at radius 3 is 2.40 bits per heavy atom. The Hall–Kier alpha value is -1.84.